The number of hydrogen-bond acceptors (Lipinski definition) is 4. The van der Waals surface area contributed by atoms with Gasteiger partial charge in [-0.1, -0.05) is 6.07 Å². The van der Waals surface area contributed by atoms with E-state index in [0.717, 1.165) is 26.2 Å². The summed E-state index contributed by atoms with van der Waals surface area (Å²) in [5, 5.41) is 5.65. The van der Waals surface area contributed by atoms with Gasteiger partial charge in [-0.2, -0.15) is 0 Å². The molecule has 3 nitrogen and oxygen atoms in total. The number of likely N-dealkylation sites (N-methyl/N-ethyl adjacent to an activating group) is 1. The number of nitrogens with zero attached hydrogens (tertiary/aromatic N) is 2. The maximum absolute atomic E-state index is 3.47. The first kappa shape index (κ1) is 13.0. The van der Waals surface area contributed by atoms with Crippen LogP contribution in [0.3, 0.4) is 0 Å². The van der Waals surface area contributed by atoms with E-state index in [1.165, 1.54) is 4.88 Å². The Labute approximate surface area is 108 Å². The Morgan fingerprint density at radius 2 is 2.41 bits per heavy atom. The minimum Gasteiger partial charge on any atom is -0.314 e. The molecule has 2 rings (SSSR count). The van der Waals surface area contributed by atoms with Crippen molar-refractivity contribution in [2.75, 3.05) is 40.3 Å². The van der Waals surface area contributed by atoms with Crippen molar-refractivity contribution < 1.29 is 0 Å². The summed E-state index contributed by atoms with van der Waals surface area (Å²) in [6.45, 7) is 6.79. The lowest BCUT2D eigenvalue weighted by Crippen LogP contribution is -2.52. The van der Waals surface area contributed by atoms with Gasteiger partial charge in [0.1, 0.15) is 0 Å². The monoisotopic (exact) mass is 253 g/mol. The predicted molar refractivity (Wildman–Crippen MR) is 74.7 cm³/mol. The molecule has 1 fully saturated rings. The summed E-state index contributed by atoms with van der Waals surface area (Å²) >= 11 is 1.88. The molecule has 2 unspecified atom stereocenters. The van der Waals surface area contributed by atoms with Crippen molar-refractivity contribution in [2.24, 2.45) is 0 Å². The molecule has 1 aromatic heterocycles. The molecule has 17 heavy (non-hydrogen) atoms. The molecule has 96 valence electrons. The van der Waals surface area contributed by atoms with E-state index in [1.807, 2.05) is 11.3 Å². The van der Waals surface area contributed by atoms with Gasteiger partial charge in [0.05, 0.1) is 6.04 Å². The van der Waals surface area contributed by atoms with Crippen LogP contribution in [0.15, 0.2) is 17.5 Å². The topological polar surface area (TPSA) is 18.5 Å². The van der Waals surface area contributed by atoms with Crippen LogP contribution < -0.4 is 5.32 Å². The summed E-state index contributed by atoms with van der Waals surface area (Å²) < 4.78 is 0. The molecule has 0 saturated carbocycles. The van der Waals surface area contributed by atoms with Crippen LogP contribution in [0.5, 0.6) is 0 Å². The molecule has 1 N–H and O–H groups in total. The van der Waals surface area contributed by atoms with Gasteiger partial charge in [0.25, 0.3) is 0 Å². The highest BCUT2D eigenvalue weighted by molar-refractivity contribution is 7.10. The second-order valence-electron chi connectivity index (χ2n) is 5.08. The zero-order valence-electron chi connectivity index (χ0n) is 11.0. The zero-order valence-corrected chi connectivity index (χ0v) is 11.8. The maximum Gasteiger partial charge on any atom is 0.0572 e. The molecule has 0 amide bonds. The molecule has 0 aliphatic carbocycles. The van der Waals surface area contributed by atoms with Crippen LogP contribution in [-0.4, -0.2) is 56.1 Å². The highest BCUT2D eigenvalue weighted by atomic mass is 32.1. The molecule has 1 aliphatic rings. The Morgan fingerprint density at radius 3 is 3.00 bits per heavy atom. The zero-order chi connectivity index (χ0) is 12.3. The molecular formula is C13H23N3S. The molecule has 0 aromatic carbocycles. The van der Waals surface area contributed by atoms with Gasteiger partial charge >= 0.3 is 0 Å². The third-order valence-corrected chi connectivity index (χ3v) is 4.34. The number of nitrogens with one attached hydrogen (secondary N) is 1. The first-order valence-corrected chi connectivity index (χ1v) is 7.21. The van der Waals surface area contributed by atoms with Crippen LogP contribution >= 0.6 is 11.3 Å². The Morgan fingerprint density at radius 1 is 1.59 bits per heavy atom. The predicted octanol–water partition coefficient (Wildman–Crippen LogP) is 1.64. The first-order valence-electron chi connectivity index (χ1n) is 6.33. The SMILES string of the molecule is CC1CNCCN1C(CN(C)C)c1cccs1. The first-order chi connectivity index (χ1) is 8.18. The summed E-state index contributed by atoms with van der Waals surface area (Å²) in [5.41, 5.74) is 0. The minimum absolute atomic E-state index is 0.544. The summed E-state index contributed by atoms with van der Waals surface area (Å²) in [6.07, 6.45) is 0. The Kier molecular flexibility index (Phi) is 4.56. The Hall–Kier alpha value is -0.420. The molecule has 2 heterocycles. The molecule has 2 atom stereocenters. The lowest BCUT2D eigenvalue weighted by molar-refractivity contribution is 0.0987. The van der Waals surface area contributed by atoms with Crippen molar-refractivity contribution in [1.82, 2.24) is 15.1 Å². The second kappa shape index (κ2) is 5.96. The summed E-state index contributed by atoms with van der Waals surface area (Å²) in [4.78, 5) is 6.43. The van der Waals surface area contributed by atoms with Gasteiger partial charge in [-0.05, 0) is 32.5 Å². The highest BCUT2D eigenvalue weighted by Crippen LogP contribution is 2.27. The van der Waals surface area contributed by atoms with E-state index in [1.54, 1.807) is 0 Å². The number of hydrogen-bond donors (Lipinski definition) is 1. The van der Waals surface area contributed by atoms with Crippen molar-refractivity contribution in [3.05, 3.63) is 22.4 Å². The van der Waals surface area contributed by atoms with E-state index in [2.05, 4.69) is 53.6 Å². The van der Waals surface area contributed by atoms with E-state index >= 15 is 0 Å². The van der Waals surface area contributed by atoms with Crippen molar-refractivity contribution in [3.8, 4) is 0 Å². The van der Waals surface area contributed by atoms with E-state index in [0.29, 0.717) is 12.1 Å². The number of thiophene rings is 1. The average molecular weight is 253 g/mol. The molecule has 4 heteroatoms. The van der Waals surface area contributed by atoms with Gasteiger partial charge in [0, 0.05) is 37.1 Å². The minimum atomic E-state index is 0.544. The molecule has 0 radical (unpaired) electrons. The Balaban J connectivity index is 2.14. The molecule has 1 aromatic rings. The molecule has 0 bridgehead atoms. The van der Waals surface area contributed by atoms with Crippen LogP contribution in [0.25, 0.3) is 0 Å². The van der Waals surface area contributed by atoms with Crippen LogP contribution in [0.4, 0.5) is 0 Å². The van der Waals surface area contributed by atoms with Crippen molar-refractivity contribution >= 4 is 11.3 Å². The summed E-state index contributed by atoms with van der Waals surface area (Å²) in [7, 11) is 4.32. The number of rotatable bonds is 4. The van der Waals surface area contributed by atoms with Gasteiger partial charge in [0.15, 0.2) is 0 Å². The van der Waals surface area contributed by atoms with Gasteiger partial charge in [-0.15, -0.1) is 11.3 Å². The largest absolute Gasteiger partial charge is 0.314 e. The van der Waals surface area contributed by atoms with Gasteiger partial charge in [-0.3, -0.25) is 4.90 Å². The third-order valence-electron chi connectivity index (χ3n) is 3.36. The van der Waals surface area contributed by atoms with Crippen LogP contribution in [0, 0.1) is 0 Å². The van der Waals surface area contributed by atoms with Crippen molar-refractivity contribution in [1.29, 1.82) is 0 Å². The lowest BCUT2D eigenvalue weighted by atomic mass is 10.1. The molecule has 1 saturated heterocycles. The van der Waals surface area contributed by atoms with E-state index < -0.39 is 0 Å². The fourth-order valence-electron chi connectivity index (χ4n) is 2.50. The van der Waals surface area contributed by atoms with Crippen molar-refractivity contribution in [2.45, 2.75) is 19.0 Å². The third kappa shape index (κ3) is 3.28. The molecular weight excluding hydrogens is 230 g/mol. The number of piperazine rings is 1. The molecule has 1 aliphatic heterocycles. The van der Waals surface area contributed by atoms with Gasteiger partial charge in [0.2, 0.25) is 0 Å². The van der Waals surface area contributed by atoms with Crippen LogP contribution in [0.2, 0.25) is 0 Å². The van der Waals surface area contributed by atoms with Gasteiger partial charge < -0.3 is 10.2 Å². The highest BCUT2D eigenvalue weighted by Gasteiger charge is 2.27. The van der Waals surface area contributed by atoms with Crippen LogP contribution in [-0.2, 0) is 0 Å². The van der Waals surface area contributed by atoms with Crippen molar-refractivity contribution in [3.63, 3.8) is 0 Å². The normalized spacial score (nSPS) is 24.1. The summed E-state index contributed by atoms with van der Waals surface area (Å²) in [6, 6.07) is 5.60. The Bertz CT molecular complexity index is 323. The lowest BCUT2D eigenvalue weighted by Gasteiger charge is -2.40. The summed E-state index contributed by atoms with van der Waals surface area (Å²) in [5.74, 6) is 0. The van der Waals surface area contributed by atoms with E-state index in [4.69, 9.17) is 0 Å². The fraction of sp³-hybridized carbons (Fsp3) is 0.692. The molecule has 0 spiro atoms. The van der Waals surface area contributed by atoms with E-state index in [9.17, 15) is 0 Å². The van der Waals surface area contributed by atoms with Gasteiger partial charge in [-0.25, -0.2) is 0 Å². The van der Waals surface area contributed by atoms with E-state index in [-0.39, 0.29) is 0 Å². The average Bonchev–Trinajstić information content (AvgIpc) is 2.80. The quantitative estimate of drug-likeness (QED) is 0.880. The van der Waals surface area contributed by atoms with Crippen LogP contribution in [0.1, 0.15) is 17.8 Å². The smallest absolute Gasteiger partial charge is 0.0572 e. The maximum atomic E-state index is 3.47. The fourth-order valence-corrected chi connectivity index (χ4v) is 3.34. The standard InChI is InChI=1S/C13H23N3S/c1-11-9-14-6-7-16(11)12(10-15(2)3)13-5-4-8-17-13/h4-5,8,11-12,14H,6-7,9-10H2,1-3H3. The second-order valence-corrected chi connectivity index (χ2v) is 6.06.